The number of hydrogen-bond donors (Lipinski definition) is 1. The molecule has 1 fully saturated rings. The van der Waals surface area contributed by atoms with Crippen LogP contribution in [-0.4, -0.2) is 39.7 Å². The molecule has 4 nitrogen and oxygen atoms in total. The average Bonchev–Trinajstić information content (AvgIpc) is 2.31. The predicted molar refractivity (Wildman–Crippen MR) is 57.1 cm³/mol. The zero-order valence-electron chi connectivity index (χ0n) is 8.84. The number of piperidine rings is 1. The molecule has 4 heteroatoms. The van der Waals surface area contributed by atoms with Crippen LogP contribution in [0.4, 0.5) is 0 Å². The molecule has 0 bridgehead atoms. The molecule has 2 heterocycles. The third-order valence-corrected chi connectivity index (χ3v) is 2.86. The second-order valence-electron chi connectivity index (χ2n) is 4.12. The van der Waals surface area contributed by atoms with E-state index < -0.39 is 0 Å². The van der Waals surface area contributed by atoms with E-state index in [0.717, 1.165) is 31.7 Å². The van der Waals surface area contributed by atoms with Gasteiger partial charge < -0.3 is 5.11 Å². The molecule has 1 N–H and O–H groups in total. The number of likely N-dealkylation sites (tertiary alicyclic amines) is 1. The Labute approximate surface area is 90.0 Å². The topological polar surface area (TPSA) is 49.2 Å². The van der Waals surface area contributed by atoms with Gasteiger partial charge in [0.05, 0.1) is 5.69 Å². The fraction of sp³-hybridized carbons (Fsp3) is 0.636. The highest BCUT2D eigenvalue weighted by Gasteiger charge is 2.19. The summed E-state index contributed by atoms with van der Waals surface area (Å²) in [4.78, 5) is 10.6. The van der Waals surface area contributed by atoms with E-state index in [1.807, 2.05) is 6.20 Å². The van der Waals surface area contributed by atoms with Crippen LogP contribution in [0.2, 0.25) is 0 Å². The van der Waals surface area contributed by atoms with E-state index in [2.05, 4.69) is 14.9 Å². The molecule has 0 amide bonds. The monoisotopic (exact) mass is 207 g/mol. The van der Waals surface area contributed by atoms with Crippen molar-refractivity contribution in [2.24, 2.45) is 5.92 Å². The minimum atomic E-state index is 0.303. The van der Waals surface area contributed by atoms with E-state index in [1.54, 1.807) is 12.4 Å². The van der Waals surface area contributed by atoms with Crippen LogP contribution in [0, 0.1) is 5.92 Å². The van der Waals surface area contributed by atoms with Gasteiger partial charge in [0.15, 0.2) is 0 Å². The van der Waals surface area contributed by atoms with Gasteiger partial charge in [-0.1, -0.05) is 0 Å². The Bertz CT molecular complexity index is 291. The van der Waals surface area contributed by atoms with Crippen molar-refractivity contribution in [3.05, 3.63) is 24.3 Å². The summed E-state index contributed by atoms with van der Waals surface area (Å²) < 4.78 is 0. The number of aliphatic hydroxyl groups is 1. The minimum Gasteiger partial charge on any atom is -0.396 e. The quantitative estimate of drug-likeness (QED) is 0.792. The second kappa shape index (κ2) is 5.19. The first-order valence-electron chi connectivity index (χ1n) is 5.46. The lowest BCUT2D eigenvalue weighted by molar-refractivity contribution is 0.115. The molecule has 0 aliphatic carbocycles. The van der Waals surface area contributed by atoms with Crippen LogP contribution in [-0.2, 0) is 6.54 Å². The molecule has 1 aromatic heterocycles. The van der Waals surface area contributed by atoms with E-state index in [1.165, 1.54) is 6.42 Å². The van der Waals surface area contributed by atoms with Crippen molar-refractivity contribution in [1.29, 1.82) is 0 Å². The summed E-state index contributed by atoms with van der Waals surface area (Å²) >= 11 is 0. The predicted octanol–water partition coefficient (Wildman–Crippen LogP) is 0.681. The molecule has 15 heavy (non-hydrogen) atoms. The summed E-state index contributed by atoms with van der Waals surface area (Å²) in [6.45, 7) is 3.24. The summed E-state index contributed by atoms with van der Waals surface area (Å²) in [6, 6.07) is 0. The van der Waals surface area contributed by atoms with Crippen molar-refractivity contribution in [2.75, 3.05) is 19.7 Å². The van der Waals surface area contributed by atoms with Gasteiger partial charge in [0.25, 0.3) is 0 Å². The maximum atomic E-state index is 9.12. The average molecular weight is 207 g/mol. The second-order valence-corrected chi connectivity index (χ2v) is 4.12. The third-order valence-electron chi connectivity index (χ3n) is 2.86. The highest BCUT2D eigenvalue weighted by molar-refractivity contribution is 4.94. The number of rotatable bonds is 3. The van der Waals surface area contributed by atoms with E-state index >= 15 is 0 Å². The molecule has 82 valence electrons. The Hall–Kier alpha value is -1.00. The van der Waals surface area contributed by atoms with E-state index in [4.69, 9.17) is 5.11 Å². The number of hydrogen-bond acceptors (Lipinski definition) is 4. The Kier molecular flexibility index (Phi) is 3.64. The SMILES string of the molecule is OCC1CCCN(Cc2cnccn2)C1. The molecule has 1 unspecified atom stereocenters. The Morgan fingerprint density at radius 2 is 2.40 bits per heavy atom. The van der Waals surface area contributed by atoms with Crippen molar-refractivity contribution >= 4 is 0 Å². The first-order chi connectivity index (χ1) is 7.38. The van der Waals surface area contributed by atoms with Gasteiger partial charge in [-0.05, 0) is 25.3 Å². The van der Waals surface area contributed by atoms with Crippen molar-refractivity contribution in [2.45, 2.75) is 19.4 Å². The maximum Gasteiger partial charge on any atom is 0.0726 e. The summed E-state index contributed by atoms with van der Waals surface area (Å²) in [5.41, 5.74) is 1.01. The molecule has 1 aliphatic rings. The molecule has 2 rings (SSSR count). The van der Waals surface area contributed by atoms with Gasteiger partial charge in [0.1, 0.15) is 0 Å². The molecule has 0 spiro atoms. The van der Waals surface area contributed by atoms with Gasteiger partial charge in [0.2, 0.25) is 0 Å². The molecule has 0 radical (unpaired) electrons. The van der Waals surface area contributed by atoms with Crippen LogP contribution in [0.1, 0.15) is 18.5 Å². The van der Waals surface area contributed by atoms with Crippen LogP contribution >= 0.6 is 0 Å². The van der Waals surface area contributed by atoms with Gasteiger partial charge >= 0.3 is 0 Å². The van der Waals surface area contributed by atoms with Crippen molar-refractivity contribution < 1.29 is 5.11 Å². The smallest absolute Gasteiger partial charge is 0.0726 e. The number of aromatic nitrogens is 2. The third kappa shape index (κ3) is 2.97. The highest BCUT2D eigenvalue weighted by Crippen LogP contribution is 2.16. The van der Waals surface area contributed by atoms with Crippen LogP contribution in [0.3, 0.4) is 0 Å². The van der Waals surface area contributed by atoms with Crippen LogP contribution < -0.4 is 0 Å². The molecule has 1 aliphatic heterocycles. The Morgan fingerprint density at radius 1 is 1.47 bits per heavy atom. The lowest BCUT2D eigenvalue weighted by atomic mass is 9.99. The molecule has 1 saturated heterocycles. The van der Waals surface area contributed by atoms with Crippen molar-refractivity contribution in [3.8, 4) is 0 Å². The standard InChI is InChI=1S/C11H17N3O/c15-9-10-2-1-5-14(7-10)8-11-6-12-3-4-13-11/h3-4,6,10,15H,1-2,5,7-9H2. The lowest BCUT2D eigenvalue weighted by Gasteiger charge is -2.31. The first kappa shape index (κ1) is 10.5. The molecule has 1 atom stereocenters. The molecular formula is C11H17N3O. The molecular weight excluding hydrogens is 190 g/mol. The summed E-state index contributed by atoms with van der Waals surface area (Å²) in [6.07, 6.45) is 7.54. The lowest BCUT2D eigenvalue weighted by Crippen LogP contribution is -2.36. The van der Waals surface area contributed by atoms with Gasteiger partial charge in [0, 0.05) is 38.3 Å². The zero-order chi connectivity index (χ0) is 10.5. The molecule has 0 aromatic carbocycles. The van der Waals surface area contributed by atoms with E-state index in [-0.39, 0.29) is 0 Å². The minimum absolute atomic E-state index is 0.303. The fourth-order valence-corrected chi connectivity index (χ4v) is 2.08. The largest absolute Gasteiger partial charge is 0.396 e. The molecule has 1 aromatic rings. The highest BCUT2D eigenvalue weighted by atomic mass is 16.3. The van der Waals surface area contributed by atoms with Crippen molar-refractivity contribution in [3.63, 3.8) is 0 Å². The van der Waals surface area contributed by atoms with Crippen LogP contribution in [0.15, 0.2) is 18.6 Å². The van der Waals surface area contributed by atoms with Gasteiger partial charge in [-0.15, -0.1) is 0 Å². The number of aliphatic hydroxyl groups excluding tert-OH is 1. The first-order valence-corrected chi connectivity index (χ1v) is 5.46. The zero-order valence-corrected chi connectivity index (χ0v) is 8.84. The van der Waals surface area contributed by atoms with E-state index in [9.17, 15) is 0 Å². The fourth-order valence-electron chi connectivity index (χ4n) is 2.08. The van der Waals surface area contributed by atoms with Crippen LogP contribution in [0.25, 0.3) is 0 Å². The summed E-state index contributed by atoms with van der Waals surface area (Å²) in [7, 11) is 0. The summed E-state index contributed by atoms with van der Waals surface area (Å²) in [5, 5.41) is 9.12. The van der Waals surface area contributed by atoms with E-state index in [0.29, 0.717) is 12.5 Å². The normalized spacial score (nSPS) is 22.9. The summed E-state index contributed by atoms with van der Waals surface area (Å²) in [5.74, 6) is 0.440. The Morgan fingerprint density at radius 3 is 3.13 bits per heavy atom. The van der Waals surface area contributed by atoms with Gasteiger partial charge in [-0.3, -0.25) is 14.9 Å². The van der Waals surface area contributed by atoms with Crippen molar-refractivity contribution in [1.82, 2.24) is 14.9 Å². The van der Waals surface area contributed by atoms with Gasteiger partial charge in [-0.25, -0.2) is 0 Å². The molecule has 0 saturated carbocycles. The number of nitrogens with zero attached hydrogens (tertiary/aromatic N) is 3. The van der Waals surface area contributed by atoms with Crippen LogP contribution in [0.5, 0.6) is 0 Å². The maximum absolute atomic E-state index is 9.12. The Balaban J connectivity index is 1.89. The van der Waals surface area contributed by atoms with Gasteiger partial charge in [-0.2, -0.15) is 0 Å².